The highest BCUT2D eigenvalue weighted by molar-refractivity contribution is 6.05. The fraction of sp³-hybridized carbons (Fsp3) is 0.125. The number of benzene rings is 2. The molecule has 1 amide bonds. The largest absolute Gasteiger partial charge is 0.465 e. The quantitative estimate of drug-likeness (QED) is 0.726. The Labute approximate surface area is 180 Å². The number of methoxy groups -OCH3 is 2. The SMILES string of the molecule is COC(=O)C1=C(C(=O)OC)N(c2ccc(C(=O)NCc3ccccc3)cc2)C=CC=C1. The summed E-state index contributed by atoms with van der Waals surface area (Å²) < 4.78 is 9.68. The van der Waals surface area contributed by atoms with Crippen molar-refractivity contribution in [2.45, 2.75) is 6.54 Å². The van der Waals surface area contributed by atoms with Crippen molar-refractivity contribution < 1.29 is 23.9 Å². The predicted octanol–water partition coefficient (Wildman–Crippen LogP) is 3.11. The van der Waals surface area contributed by atoms with Crippen molar-refractivity contribution in [2.75, 3.05) is 19.1 Å². The maximum Gasteiger partial charge on any atom is 0.355 e. The van der Waals surface area contributed by atoms with Crippen LogP contribution in [0.25, 0.3) is 0 Å². The highest BCUT2D eigenvalue weighted by atomic mass is 16.5. The number of allylic oxidation sites excluding steroid dienone is 2. The first-order chi connectivity index (χ1) is 15.0. The van der Waals surface area contributed by atoms with Gasteiger partial charge in [0.2, 0.25) is 0 Å². The van der Waals surface area contributed by atoms with Crippen LogP contribution in [0.5, 0.6) is 0 Å². The van der Waals surface area contributed by atoms with Crippen molar-refractivity contribution in [3.63, 3.8) is 0 Å². The Hall–Kier alpha value is -4.13. The highest BCUT2D eigenvalue weighted by Crippen LogP contribution is 2.26. The van der Waals surface area contributed by atoms with Gasteiger partial charge in [-0.25, -0.2) is 9.59 Å². The molecule has 158 valence electrons. The molecule has 0 aliphatic carbocycles. The van der Waals surface area contributed by atoms with Crippen LogP contribution >= 0.6 is 0 Å². The number of carbonyl (C=O) groups is 3. The minimum Gasteiger partial charge on any atom is -0.465 e. The summed E-state index contributed by atoms with van der Waals surface area (Å²) in [7, 11) is 2.48. The number of anilines is 1. The molecule has 0 aromatic heterocycles. The first-order valence-electron chi connectivity index (χ1n) is 9.52. The molecule has 0 bridgehead atoms. The van der Waals surface area contributed by atoms with E-state index in [4.69, 9.17) is 9.47 Å². The number of nitrogens with zero attached hydrogens (tertiary/aromatic N) is 1. The fourth-order valence-corrected chi connectivity index (χ4v) is 3.02. The molecule has 0 saturated carbocycles. The number of hydrogen-bond donors (Lipinski definition) is 1. The van der Waals surface area contributed by atoms with Gasteiger partial charge < -0.3 is 19.7 Å². The molecule has 31 heavy (non-hydrogen) atoms. The fourth-order valence-electron chi connectivity index (χ4n) is 3.02. The third-order valence-electron chi connectivity index (χ3n) is 4.59. The van der Waals surface area contributed by atoms with E-state index in [2.05, 4.69) is 5.32 Å². The third-order valence-corrected chi connectivity index (χ3v) is 4.59. The lowest BCUT2D eigenvalue weighted by atomic mass is 10.1. The lowest BCUT2D eigenvalue weighted by molar-refractivity contribution is -0.139. The molecule has 0 saturated heterocycles. The Bertz CT molecular complexity index is 1050. The first kappa shape index (κ1) is 21.6. The topological polar surface area (TPSA) is 84.9 Å². The van der Waals surface area contributed by atoms with E-state index in [1.165, 1.54) is 25.2 Å². The number of ether oxygens (including phenoxy) is 2. The van der Waals surface area contributed by atoms with E-state index in [0.29, 0.717) is 17.8 Å². The van der Waals surface area contributed by atoms with Crippen LogP contribution in [0.2, 0.25) is 0 Å². The van der Waals surface area contributed by atoms with Gasteiger partial charge in [-0.1, -0.05) is 36.4 Å². The molecule has 7 nitrogen and oxygen atoms in total. The predicted molar refractivity (Wildman–Crippen MR) is 116 cm³/mol. The Morgan fingerprint density at radius 3 is 2.19 bits per heavy atom. The molecule has 0 spiro atoms. The Kier molecular flexibility index (Phi) is 7.01. The van der Waals surface area contributed by atoms with E-state index in [1.807, 2.05) is 30.3 Å². The lowest BCUT2D eigenvalue weighted by Crippen LogP contribution is -2.27. The Morgan fingerprint density at radius 1 is 0.871 bits per heavy atom. The van der Waals surface area contributed by atoms with Gasteiger partial charge in [0.15, 0.2) is 0 Å². The number of esters is 2. The van der Waals surface area contributed by atoms with Crippen molar-refractivity contribution in [1.29, 1.82) is 0 Å². The van der Waals surface area contributed by atoms with E-state index in [9.17, 15) is 14.4 Å². The number of amides is 1. The second-order valence-corrected chi connectivity index (χ2v) is 6.53. The smallest absolute Gasteiger partial charge is 0.355 e. The van der Waals surface area contributed by atoms with Gasteiger partial charge in [0.05, 0.1) is 19.8 Å². The van der Waals surface area contributed by atoms with Crippen LogP contribution in [0.1, 0.15) is 15.9 Å². The lowest BCUT2D eigenvalue weighted by Gasteiger charge is -2.23. The van der Waals surface area contributed by atoms with Crippen LogP contribution in [0.3, 0.4) is 0 Å². The summed E-state index contributed by atoms with van der Waals surface area (Å²) >= 11 is 0. The monoisotopic (exact) mass is 418 g/mol. The Balaban J connectivity index is 1.85. The van der Waals surface area contributed by atoms with Gasteiger partial charge in [0.1, 0.15) is 5.70 Å². The number of carbonyl (C=O) groups excluding carboxylic acids is 3. The van der Waals surface area contributed by atoms with Gasteiger partial charge in [0.25, 0.3) is 5.91 Å². The zero-order chi connectivity index (χ0) is 22.2. The van der Waals surface area contributed by atoms with Gasteiger partial charge in [0, 0.05) is 24.0 Å². The van der Waals surface area contributed by atoms with Crippen molar-refractivity contribution in [3.8, 4) is 0 Å². The zero-order valence-corrected chi connectivity index (χ0v) is 17.2. The maximum absolute atomic E-state index is 12.5. The number of nitrogens with one attached hydrogen (secondary N) is 1. The van der Waals surface area contributed by atoms with Gasteiger partial charge in [-0.05, 0) is 42.0 Å². The van der Waals surface area contributed by atoms with Crippen LogP contribution in [-0.4, -0.2) is 32.1 Å². The third kappa shape index (κ3) is 5.08. The van der Waals surface area contributed by atoms with Crippen molar-refractivity contribution in [2.24, 2.45) is 0 Å². The van der Waals surface area contributed by atoms with E-state index in [-0.39, 0.29) is 17.2 Å². The van der Waals surface area contributed by atoms with E-state index in [0.717, 1.165) is 5.56 Å². The van der Waals surface area contributed by atoms with Gasteiger partial charge in [-0.3, -0.25) is 4.79 Å². The summed E-state index contributed by atoms with van der Waals surface area (Å²) in [5, 5.41) is 2.87. The minimum absolute atomic E-state index is 0.0145. The summed E-state index contributed by atoms with van der Waals surface area (Å²) in [5.74, 6) is -1.58. The molecule has 3 rings (SSSR count). The summed E-state index contributed by atoms with van der Waals surface area (Å²) in [6, 6.07) is 16.3. The van der Waals surface area contributed by atoms with Crippen molar-refractivity contribution in [3.05, 3.63) is 101 Å². The van der Waals surface area contributed by atoms with Crippen molar-refractivity contribution >= 4 is 23.5 Å². The summed E-state index contributed by atoms with van der Waals surface area (Å²) in [4.78, 5) is 38.7. The molecule has 0 atom stereocenters. The molecule has 2 aromatic rings. The minimum atomic E-state index is -0.693. The molecule has 7 heteroatoms. The molecule has 1 N–H and O–H groups in total. The summed E-state index contributed by atoms with van der Waals surface area (Å²) in [6.45, 7) is 0.416. The van der Waals surface area contributed by atoms with E-state index < -0.39 is 11.9 Å². The van der Waals surface area contributed by atoms with Gasteiger partial charge in [-0.2, -0.15) is 0 Å². The van der Waals surface area contributed by atoms with Gasteiger partial charge >= 0.3 is 11.9 Å². The van der Waals surface area contributed by atoms with Crippen LogP contribution in [0.4, 0.5) is 5.69 Å². The summed E-state index contributed by atoms with van der Waals surface area (Å²) in [5.41, 5.74) is 2.11. The number of hydrogen-bond acceptors (Lipinski definition) is 6. The molecule has 1 heterocycles. The van der Waals surface area contributed by atoms with Crippen molar-refractivity contribution in [1.82, 2.24) is 5.32 Å². The Morgan fingerprint density at radius 2 is 1.55 bits per heavy atom. The second kappa shape index (κ2) is 10.1. The zero-order valence-electron chi connectivity index (χ0n) is 17.2. The molecular weight excluding hydrogens is 396 g/mol. The molecule has 2 aromatic carbocycles. The van der Waals surface area contributed by atoms with Crippen LogP contribution < -0.4 is 10.2 Å². The van der Waals surface area contributed by atoms with E-state index in [1.54, 1.807) is 42.6 Å². The molecule has 0 fully saturated rings. The normalized spacial score (nSPS) is 12.9. The highest BCUT2D eigenvalue weighted by Gasteiger charge is 2.27. The average molecular weight is 418 g/mol. The molecular formula is C24H22N2O5. The summed E-state index contributed by atoms with van der Waals surface area (Å²) in [6.07, 6.45) is 6.42. The van der Waals surface area contributed by atoms with Crippen LogP contribution in [-0.2, 0) is 25.6 Å². The molecule has 1 aliphatic heterocycles. The molecule has 0 unspecified atom stereocenters. The molecule has 0 radical (unpaired) electrons. The van der Waals surface area contributed by atoms with Crippen LogP contribution in [0, 0.1) is 0 Å². The first-order valence-corrected chi connectivity index (χ1v) is 9.52. The van der Waals surface area contributed by atoms with Crippen LogP contribution in [0.15, 0.2) is 90.3 Å². The van der Waals surface area contributed by atoms with E-state index >= 15 is 0 Å². The second-order valence-electron chi connectivity index (χ2n) is 6.53. The number of rotatable bonds is 6. The van der Waals surface area contributed by atoms with Gasteiger partial charge in [-0.15, -0.1) is 0 Å². The average Bonchev–Trinajstić information content (AvgIpc) is 3.05. The molecule has 1 aliphatic rings. The maximum atomic E-state index is 12.5. The standard InChI is InChI=1S/C24H22N2O5/c1-30-23(28)20-10-6-7-15-26(21(20)24(29)31-2)19-13-11-18(12-14-19)22(27)25-16-17-8-4-3-5-9-17/h3-15H,16H2,1-2H3,(H,25,27).